The highest BCUT2D eigenvalue weighted by molar-refractivity contribution is 5.79. The summed E-state index contributed by atoms with van der Waals surface area (Å²) in [5, 5.41) is 15.6. The Bertz CT molecular complexity index is 475. The highest BCUT2D eigenvalue weighted by Gasteiger charge is 2.30. The molecule has 2 N–H and O–H groups in total. The summed E-state index contributed by atoms with van der Waals surface area (Å²) in [6.45, 7) is 3.58. The first-order valence-electron chi connectivity index (χ1n) is 6.41. The minimum atomic E-state index is -0.775. The molecule has 0 bridgehead atoms. The van der Waals surface area contributed by atoms with Crippen molar-refractivity contribution in [1.29, 1.82) is 0 Å². The van der Waals surface area contributed by atoms with E-state index in [0.717, 1.165) is 17.7 Å². The van der Waals surface area contributed by atoms with Gasteiger partial charge in [0.1, 0.15) is 5.76 Å². The maximum atomic E-state index is 11.9. The molecule has 1 heterocycles. The molecule has 0 aromatic carbocycles. The molecule has 1 aliphatic rings. The normalized spacial score (nSPS) is 22.4. The molecule has 0 aliphatic heterocycles. The molecule has 2 atom stereocenters. The predicted molar refractivity (Wildman–Crippen MR) is 66.6 cm³/mol. The van der Waals surface area contributed by atoms with Crippen molar-refractivity contribution in [1.82, 2.24) is 10.5 Å². The second-order valence-electron chi connectivity index (χ2n) is 5.09. The minimum absolute atomic E-state index is 0.0333. The van der Waals surface area contributed by atoms with Crippen molar-refractivity contribution in [2.45, 2.75) is 45.6 Å². The van der Waals surface area contributed by atoms with Crippen molar-refractivity contribution in [2.75, 3.05) is 0 Å². The third-order valence-corrected chi connectivity index (χ3v) is 3.67. The zero-order valence-electron chi connectivity index (χ0n) is 11.1. The summed E-state index contributed by atoms with van der Waals surface area (Å²) < 4.78 is 5.01. The largest absolute Gasteiger partial charge is 0.481 e. The van der Waals surface area contributed by atoms with Crippen LogP contribution in [0.25, 0.3) is 0 Å². The Morgan fingerprint density at radius 3 is 2.68 bits per heavy atom. The molecule has 19 heavy (non-hydrogen) atoms. The van der Waals surface area contributed by atoms with E-state index in [1.165, 1.54) is 0 Å². The summed E-state index contributed by atoms with van der Waals surface area (Å²) in [7, 11) is 0. The molecular weight excluding hydrogens is 248 g/mol. The van der Waals surface area contributed by atoms with Gasteiger partial charge in [0.15, 0.2) is 0 Å². The Balaban J connectivity index is 1.87. The van der Waals surface area contributed by atoms with Crippen molar-refractivity contribution in [3.05, 3.63) is 17.0 Å². The van der Waals surface area contributed by atoms with E-state index in [0.29, 0.717) is 18.6 Å². The number of nitrogens with one attached hydrogen (secondary N) is 1. The smallest absolute Gasteiger partial charge is 0.306 e. The van der Waals surface area contributed by atoms with Crippen molar-refractivity contribution >= 4 is 11.9 Å². The lowest BCUT2D eigenvalue weighted by atomic mass is 10.1. The van der Waals surface area contributed by atoms with Crippen LogP contribution in [0.4, 0.5) is 0 Å². The molecule has 1 fully saturated rings. The molecule has 0 unspecified atom stereocenters. The fourth-order valence-electron chi connectivity index (χ4n) is 2.53. The molecule has 1 saturated carbocycles. The summed E-state index contributed by atoms with van der Waals surface area (Å²) >= 11 is 0. The number of hydrogen-bond acceptors (Lipinski definition) is 4. The molecule has 6 nitrogen and oxygen atoms in total. The second kappa shape index (κ2) is 5.42. The number of hydrogen-bond donors (Lipinski definition) is 2. The fraction of sp³-hybridized carbons (Fsp3) is 0.615. The molecule has 0 saturated heterocycles. The van der Waals surface area contributed by atoms with Gasteiger partial charge in [-0.3, -0.25) is 9.59 Å². The first-order valence-corrected chi connectivity index (χ1v) is 6.41. The number of carbonyl (C=O) groups excluding carboxylic acids is 1. The Morgan fingerprint density at radius 1 is 1.42 bits per heavy atom. The molecule has 1 aromatic heterocycles. The lowest BCUT2D eigenvalue weighted by Crippen LogP contribution is -2.34. The molecule has 6 heteroatoms. The maximum absolute atomic E-state index is 11.9. The molecule has 1 aromatic rings. The van der Waals surface area contributed by atoms with Gasteiger partial charge >= 0.3 is 5.97 Å². The van der Waals surface area contributed by atoms with Gasteiger partial charge in [0.25, 0.3) is 0 Å². The summed E-state index contributed by atoms with van der Waals surface area (Å²) in [4.78, 5) is 22.8. The first kappa shape index (κ1) is 13.6. The van der Waals surface area contributed by atoms with Crippen LogP contribution in [0, 0.1) is 19.8 Å². The Morgan fingerprint density at radius 2 is 2.16 bits per heavy atom. The Labute approximate surface area is 111 Å². The van der Waals surface area contributed by atoms with Crippen LogP contribution in [0.5, 0.6) is 0 Å². The van der Waals surface area contributed by atoms with Crippen LogP contribution in [0.3, 0.4) is 0 Å². The number of carboxylic acid groups (broad SMARTS) is 1. The zero-order valence-corrected chi connectivity index (χ0v) is 11.1. The second-order valence-corrected chi connectivity index (χ2v) is 5.09. The minimum Gasteiger partial charge on any atom is -0.481 e. The van der Waals surface area contributed by atoms with Crippen molar-refractivity contribution in [2.24, 2.45) is 5.92 Å². The van der Waals surface area contributed by atoms with E-state index in [-0.39, 0.29) is 24.3 Å². The quantitative estimate of drug-likeness (QED) is 0.854. The van der Waals surface area contributed by atoms with Gasteiger partial charge in [-0.2, -0.15) is 0 Å². The maximum Gasteiger partial charge on any atom is 0.306 e. The summed E-state index contributed by atoms with van der Waals surface area (Å²) in [5.41, 5.74) is 1.53. The average Bonchev–Trinajstić information content (AvgIpc) is 2.91. The summed E-state index contributed by atoms with van der Waals surface area (Å²) in [6, 6.07) is -0.0333. The molecule has 0 spiro atoms. The van der Waals surface area contributed by atoms with Gasteiger partial charge in [0, 0.05) is 11.6 Å². The van der Waals surface area contributed by atoms with Crippen LogP contribution in [0.1, 0.15) is 36.3 Å². The zero-order chi connectivity index (χ0) is 14.0. The number of nitrogens with zero attached hydrogens (tertiary/aromatic N) is 1. The summed E-state index contributed by atoms with van der Waals surface area (Å²) in [5.74, 6) is -0.556. The van der Waals surface area contributed by atoms with E-state index in [9.17, 15) is 9.59 Å². The summed E-state index contributed by atoms with van der Waals surface area (Å²) in [6.07, 6.45) is 2.11. The lowest BCUT2D eigenvalue weighted by molar-refractivity contribution is -0.141. The third-order valence-electron chi connectivity index (χ3n) is 3.67. The van der Waals surface area contributed by atoms with Crippen molar-refractivity contribution in [3.63, 3.8) is 0 Å². The lowest BCUT2D eigenvalue weighted by Gasteiger charge is -2.12. The SMILES string of the molecule is Cc1noc(C)c1CC(=O)N[C@@H]1CC[C@H](C(=O)O)C1. The van der Waals surface area contributed by atoms with Crippen LogP contribution >= 0.6 is 0 Å². The predicted octanol–water partition coefficient (Wildman–Crippen LogP) is 1.20. The number of rotatable bonds is 4. The highest BCUT2D eigenvalue weighted by Crippen LogP contribution is 2.25. The van der Waals surface area contributed by atoms with Gasteiger partial charge in [-0.25, -0.2) is 0 Å². The van der Waals surface area contributed by atoms with E-state index in [1.807, 2.05) is 0 Å². The van der Waals surface area contributed by atoms with Crippen LogP contribution in [0.15, 0.2) is 4.52 Å². The van der Waals surface area contributed by atoms with Crippen molar-refractivity contribution in [3.8, 4) is 0 Å². The number of aromatic nitrogens is 1. The topological polar surface area (TPSA) is 92.4 Å². The fourth-order valence-corrected chi connectivity index (χ4v) is 2.53. The standard InChI is InChI=1S/C13H18N2O4/c1-7-11(8(2)19-15-7)6-12(16)14-10-4-3-9(5-10)13(17)18/h9-10H,3-6H2,1-2H3,(H,14,16)(H,17,18)/t9-,10+/m0/s1. The number of carboxylic acids is 1. The van der Waals surface area contributed by atoms with E-state index >= 15 is 0 Å². The van der Waals surface area contributed by atoms with Crippen LogP contribution in [-0.4, -0.2) is 28.2 Å². The van der Waals surface area contributed by atoms with Gasteiger partial charge in [-0.05, 0) is 33.1 Å². The third kappa shape index (κ3) is 3.13. The molecule has 2 rings (SSSR count). The molecule has 0 radical (unpaired) electrons. The van der Waals surface area contributed by atoms with E-state index < -0.39 is 5.97 Å². The highest BCUT2D eigenvalue weighted by atomic mass is 16.5. The Hall–Kier alpha value is -1.85. The number of aliphatic carboxylic acids is 1. The van der Waals surface area contributed by atoms with Gasteiger partial charge in [-0.15, -0.1) is 0 Å². The van der Waals surface area contributed by atoms with Gasteiger partial charge in [0.2, 0.25) is 5.91 Å². The van der Waals surface area contributed by atoms with Crippen molar-refractivity contribution < 1.29 is 19.2 Å². The number of aryl methyl sites for hydroxylation is 2. The van der Waals surface area contributed by atoms with Gasteiger partial charge in [-0.1, -0.05) is 5.16 Å². The molecule has 1 amide bonds. The van der Waals surface area contributed by atoms with E-state index in [2.05, 4.69) is 10.5 Å². The van der Waals surface area contributed by atoms with Crippen LogP contribution in [0.2, 0.25) is 0 Å². The van der Waals surface area contributed by atoms with E-state index in [1.54, 1.807) is 13.8 Å². The monoisotopic (exact) mass is 266 g/mol. The molecular formula is C13H18N2O4. The van der Waals surface area contributed by atoms with Crippen LogP contribution < -0.4 is 5.32 Å². The van der Waals surface area contributed by atoms with Crippen LogP contribution in [-0.2, 0) is 16.0 Å². The Kier molecular flexibility index (Phi) is 3.87. The van der Waals surface area contributed by atoms with Gasteiger partial charge in [0.05, 0.1) is 18.0 Å². The number of amides is 1. The van der Waals surface area contributed by atoms with E-state index in [4.69, 9.17) is 9.63 Å². The molecule has 1 aliphatic carbocycles. The average molecular weight is 266 g/mol. The number of carbonyl (C=O) groups is 2. The molecule has 104 valence electrons. The first-order chi connectivity index (χ1) is 8.97. The van der Waals surface area contributed by atoms with Gasteiger partial charge < -0.3 is 14.9 Å².